The molecule has 0 aromatic rings. The fraction of sp³-hybridized carbons (Fsp3) is 0.750. The summed E-state index contributed by atoms with van der Waals surface area (Å²) >= 11 is 0. The summed E-state index contributed by atoms with van der Waals surface area (Å²) in [5.41, 5.74) is 3.58. The maximum absolute atomic E-state index is 4.39. The Bertz CT molecular complexity index is 310. The molecular weight excluding hydrogens is 192 g/mol. The Balaban J connectivity index is 1.96. The van der Waals surface area contributed by atoms with E-state index in [1.165, 1.54) is 44.1 Å². The second-order valence-corrected chi connectivity index (χ2v) is 6.09. The van der Waals surface area contributed by atoms with Crippen molar-refractivity contribution < 1.29 is 0 Å². The van der Waals surface area contributed by atoms with Crippen molar-refractivity contribution in [1.82, 2.24) is 0 Å². The standard InChI is InChI=1S/C16H26/c1-5-12(2)7-6-10-16(4)13(3)14-8-9-15(16)11-14/h7,14-15H,3,5-6,8-11H2,1-2,4H3/b12-7-/t14-,15+,16+/m1/s1. The van der Waals surface area contributed by atoms with Gasteiger partial charge in [-0.2, -0.15) is 0 Å². The maximum atomic E-state index is 4.39. The number of fused-ring (bicyclic) bond motifs is 2. The first-order valence-electron chi connectivity index (χ1n) is 6.93. The molecule has 2 rings (SSSR count). The van der Waals surface area contributed by atoms with Crippen molar-refractivity contribution in [1.29, 1.82) is 0 Å². The average Bonchev–Trinajstić information content (AvgIpc) is 2.83. The highest BCUT2D eigenvalue weighted by Gasteiger charge is 2.49. The average molecular weight is 218 g/mol. The van der Waals surface area contributed by atoms with Gasteiger partial charge in [0, 0.05) is 0 Å². The molecule has 0 radical (unpaired) electrons. The van der Waals surface area contributed by atoms with Crippen LogP contribution in [0.25, 0.3) is 0 Å². The zero-order valence-corrected chi connectivity index (χ0v) is 11.2. The fourth-order valence-corrected chi connectivity index (χ4v) is 3.73. The summed E-state index contributed by atoms with van der Waals surface area (Å²) in [6.45, 7) is 11.3. The molecule has 0 N–H and O–H groups in total. The van der Waals surface area contributed by atoms with Crippen molar-refractivity contribution in [2.24, 2.45) is 17.3 Å². The molecule has 0 heterocycles. The van der Waals surface area contributed by atoms with Crippen LogP contribution in [0.4, 0.5) is 0 Å². The van der Waals surface area contributed by atoms with Gasteiger partial charge in [-0.15, -0.1) is 0 Å². The van der Waals surface area contributed by atoms with Crippen LogP contribution >= 0.6 is 0 Å². The molecular formula is C16H26. The summed E-state index contributed by atoms with van der Waals surface area (Å²) in [5.74, 6) is 1.81. The zero-order valence-electron chi connectivity index (χ0n) is 11.2. The van der Waals surface area contributed by atoms with Gasteiger partial charge < -0.3 is 0 Å². The van der Waals surface area contributed by atoms with E-state index >= 15 is 0 Å². The molecule has 0 unspecified atom stereocenters. The molecule has 2 fully saturated rings. The molecule has 0 amide bonds. The molecule has 0 nitrogen and oxygen atoms in total. The highest BCUT2D eigenvalue weighted by Crippen LogP contribution is 2.60. The summed E-state index contributed by atoms with van der Waals surface area (Å²) in [7, 11) is 0. The first-order chi connectivity index (χ1) is 7.58. The molecule has 90 valence electrons. The summed E-state index contributed by atoms with van der Waals surface area (Å²) in [5, 5.41) is 0. The molecule has 2 bridgehead atoms. The number of rotatable bonds is 4. The van der Waals surface area contributed by atoms with E-state index in [9.17, 15) is 0 Å². The van der Waals surface area contributed by atoms with Crippen molar-refractivity contribution >= 4 is 0 Å². The van der Waals surface area contributed by atoms with Crippen molar-refractivity contribution in [2.75, 3.05) is 0 Å². The predicted molar refractivity (Wildman–Crippen MR) is 71.4 cm³/mol. The largest absolute Gasteiger partial charge is 0.0990 e. The van der Waals surface area contributed by atoms with Gasteiger partial charge in [0.1, 0.15) is 0 Å². The third kappa shape index (κ3) is 1.87. The van der Waals surface area contributed by atoms with Crippen LogP contribution in [0, 0.1) is 17.3 Å². The maximum Gasteiger partial charge on any atom is -0.00849 e. The Morgan fingerprint density at radius 2 is 2.25 bits per heavy atom. The first kappa shape index (κ1) is 12.0. The minimum Gasteiger partial charge on any atom is -0.0990 e. The molecule has 0 spiro atoms. The van der Waals surface area contributed by atoms with Crippen LogP contribution in [0.5, 0.6) is 0 Å². The van der Waals surface area contributed by atoms with Crippen molar-refractivity contribution in [3.8, 4) is 0 Å². The minimum atomic E-state index is 0.466. The van der Waals surface area contributed by atoms with E-state index in [-0.39, 0.29) is 0 Å². The molecule has 0 heteroatoms. The van der Waals surface area contributed by atoms with Gasteiger partial charge in [-0.25, -0.2) is 0 Å². The van der Waals surface area contributed by atoms with E-state index in [1.54, 1.807) is 5.57 Å². The third-order valence-electron chi connectivity index (χ3n) is 5.27. The summed E-state index contributed by atoms with van der Waals surface area (Å²) in [4.78, 5) is 0. The Morgan fingerprint density at radius 1 is 1.50 bits per heavy atom. The van der Waals surface area contributed by atoms with E-state index < -0.39 is 0 Å². The fourth-order valence-electron chi connectivity index (χ4n) is 3.73. The van der Waals surface area contributed by atoms with Gasteiger partial charge in [0.05, 0.1) is 0 Å². The molecule has 0 aromatic heterocycles. The second kappa shape index (κ2) is 4.39. The van der Waals surface area contributed by atoms with Crippen LogP contribution in [-0.2, 0) is 0 Å². The van der Waals surface area contributed by atoms with Crippen molar-refractivity contribution in [3.63, 3.8) is 0 Å². The van der Waals surface area contributed by atoms with Gasteiger partial charge in [0.15, 0.2) is 0 Å². The van der Waals surface area contributed by atoms with E-state index in [4.69, 9.17) is 0 Å². The molecule has 0 aliphatic heterocycles. The smallest absolute Gasteiger partial charge is 0.00849 e. The lowest BCUT2D eigenvalue weighted by Gasteiger charge is -2.36. The van der Waals surface area contributed by atoms with Gasteiger partial charge in [-0.05, 0) is 62.7 Å². The van der Waals surface area contributed by atoms with Crippen LogP contribution in [0.15, 0.2) is 23.8 Å². The summed E-state index contributed by atoms with van der Waals surface area (Å²) in [6.07, 6.45) is 10.5. The lowest BCUT2D eigenvalue weighted by molar-refractivity contribution is 0.241. The van der Waals surface area contributed by atoms with Crippen LogP contribution in [0.1, 0.15) is 59.3 Å². The molecule has 0 aromatic carbocycles. The lowest BCUT2D eigenvalue weighted by Crippen LogP contribution is -2.25. The second-order valence-electron chi connectivity index (χ2n) is 6.09. The van der Waals surface area contributed by atoms with E-state index in [1.807, 2.05) is 0 Å². The Labute approximate surface area is 101 Å². The molecule has 2 aliphatic carbocycles. The van der Waals surface area contributed by atoms with E-state index in [0.717, 1.165) is 11.8 Å². The summed E-state index contributed by atoms with van der Waals surface area (Å²) in [6, 6.07) is 0. The topological polar surface area (TPSA) is 0 Å². The number of hydrogen-bond acceptors (Lipinski definition) is 0. The monoisotopic (exact) mass is 218 g/mol. The van der Waals surface area contributed by atoms with Crippen molar-refractivity contribution in [2.45, 2.75) is 59.3 Å². The molecule has 3 atom stereocenters. The van der Waals surface area contributed by atoms with Crippen LogP contribution in [0.2, 0.25) is 0 Å². The van der Waals surface area contributed by atoms with Crippen LogP contribution < -0.4 is 0 Å². The van der Waals surface area contributed by atoms with Crippen LogP contribution in [0.3, 0.4) is 0 Å². The highest BCUT2D eigenvalue weighted by atomic mass is 14.5. The van der Waals surface area contributed by atoms with Gasteiger partial charge in [-0.3, -0.25) is 0 Å². The highest BCUT2D eigenvalue weighted by molar-refractivity contribution is 5.24. The molecule has 2 saturated carbocycles. The molecule has 2 aliphatic rings. The lowest BCUT2D eigenvalue weighted by atomic mass is 9.69. The molecule has 16 heavy (non-hydrogen) atoms. The Kier molecular flexibility index (Phi) is 3.28. The van der Waals surface area contributed by atoms with Crippen LogP contribution in [-0.4, -0.2) is 0 Å². The van der Waals surface area contributed by atoms with Gasteiger partial charge in [0.2, 0.25) is 0 Å². The quantitative estimate of drug-likeness (QED) is 0.575. The SMILES string of the molecule is C=C1[C@@H]2CC[C@@H](C2)[C@@]1(C)CC/C=C(/C)CC. The zero-order chi connectivity index (χ0) is 11.8. The van der Waals surface area contributed by atoms with Gasteiger partial charge in [-0.1, -0.05) is 37.6 Å². The predicted octanol–water partition coefficient (Wildman–Crippen LogP) is 5.12. The number of allylic oxidation sites excluding steroid dienone is 3. The van der Waals surface area contributed by atoms with E-state index in [0.29, 0.717) is 5.41 Å². The van der Waals surface area contributed by atoms with Gasteiger partial charge >= 0.3 is 0 Å². The summed E-state index contributed by atoms with van der Waals surface area (Å²) < 4.78 is 0. The number of hydrogen-bond donors (Lipinski definition) is 0. The van der Waals surface area contributed by atoms with E-state index in [2.05, 4.69) is 33.4 Å². The van der Waals surface area contributed by atoms with Crippen molar-refractivity contribution in [3.05, 3.63) is 23.8 Å². The first-order valence-corrected chi connectivity index (χ1v) is 6.93. The Morgan fingerprint density at radius 3 is 2.81 bits per heavy atom. The molecule has 0 saturated heterocycles. The Hall–Kier alpha value is -0.520. The normalized spacial score (nSPS) is 38.4. The third-order valence-corrected chi connectivity index (χ3v) is 5.27. The minimum absolute atomic E-state index is 0.466. The van der Waals surface area contributed by atoms with Gasteiger partial charge in [0.25, 0.3) is 0 Å².